The minimum absolute atomic E-state index is 0. The highest BCUT2D eigenvalue weighted by Crippen LogP contribution is 2.14. The first kappa shape index (κ1) is 19.1. The maximum absolute atomic E-state index is 5.75. The van der Waals surface area contributed by atoms with Gasteiger partial charge in [-0.05, 0) is 18.4 Å². The average Bonchev–Trinajstić information content (AvgIpc) is 2.94. The number of aryl methyl sites for hydroxylation is 1. The van der Waals surface area contributed by atoms with Gasteiger partial charge in [0.1, 0.15) is 5.01 Å². The zero-order valence-electron chi connectivity index (χ0n) is 13.2. The van der Waals surface area contributed by atoms with Crippen LogP contribution in [0.3, 0.4) is 0 Å². The molecule has 1 aromatic carbocycles. The van der Waals surface area contributed by atoms with Crippen molar-refractivity contribution in [2.75, 3.05) is 19.6 Å². The van der Waals surface area contributed by atoms with E-state index in [1.54, 1.807) is 11.3 Å². The van der Waals surface area contributed by atoms with Crippen LogP contribution in [-0.2, 0) is 19.4 Å². The summed E-state index contributed by atoms with van der Waals surface area (Å²) >= 11 is 1.77. The molecule has 0 amide bonds. The average molecular weight is 340 g/mol. The molecule has 0 spiro atoms. The van der Waals surface area contributed by atoms with Gasteiger partial charge in [0.05, 0.1) is 12.2 Å². The van der Waals surface area contributed by atoms with Gasteiger partial charge in [0.2, 0.25) is 0 Å². The zero-order valence-corrected chi connectivity index (χ0v) is 14.8. The van der Waals surface area contributed by atoms with E-state index in [1.807, 2.05) is 0 Å². The number of halogens is 1. The van der Waals surface area contributed by atoms with Crippen molar-refractivity contribution in [1.82, 2.24) is 9.88 Å². The molecule has 0 fully saturated rings. The molecule has 5 heteroatoms. The molecule has 0 aliphatic carbocycles. The second-order valence-electron chi connectivity index (χ2n) is 5.28. The van der Waals surface area contributed by atoms with E-state index in [1.165, 1.54) is 16.3 Å². The van der Waals surface area contributed by atoms with Crippen LogP contribution >= 0.6 is 23.7 Å². The summed E-state index contributed by atoms with van der Waals surface area (Å²) in [5.41, 5.74) is 8.36. The second kappa shape index (κ2) is 10.7. The topological polar surface area (TPSA) is 42.1 Å². The number of aromatic nitrogens is 1. The van der Waals surface area contributed by atoms with Crippen molar-refractivity contribution < 1.29 is 0 Å². The molecule has 1 heterocycles. The molecule has 0 atom stereocenters. The van der Waals surface area contributed by atoms with Crippen LogP contribution < -0.4 is 5.73 Å². The van der Waals surface area contributed by atoms with Gasteiger partial charge in [0.25, 0.3) is 0 Å². The van der Waals surface area contributed by atoms with Crippen LogP contribution in [0.5, 0.6) is 0 Å². The Hall–Kier alpha value is -0.940. The third-order valence-corrected chi connectivity index (χ3v) is 4.35. The number of rotatable bonds is 9. The third kappa shape index (κ3) is 6.44. The van der Waals surface area contributed by atoms with Gasteiger partial charge in [0.15, 0.2) is 0 Å². The fraction of sp³-hybridized carbons (Fsp3) is 0.471. The van der Waals surface area contributed by atoms with Gasteiger partial charge >= 0.3 is 0 Å². The van der Waals surface area contributed by atoms with Gasteiger partial charge in [-0.3, -0.25) is 4.90 Å². The Morgan fingerprint density at radius 1 is 1.14 bits per heavy atom. The molecule has 2 aromatic rings. The summed E-state index contributed by atoms with van der Waals surface area (Å²) in [5.74, 6) is 0. The number of hydrogen-bond donors (Lipinski definition) is 1. The highest BCUT2D eigenvalue weighted by atomic mass is 35.5. The lowest BCUT2D eigenvalue weighted by Gasteiger charge is -2.20. The van der Waals surface area contributed by atoms with Crippen LogP contribution in [0.25, 0.3) is 0 Å². The standard InChI is InChI=1S/C17H25N3S.ClH/c1-2-6-16-14-21-17(19-16)13-20(12-10-18)11-9-15-7-4-3-5-8-15;/h3-5,7-8,14H,2,6,9-13,18H2,1H3;1H. The number of thiazole rings is 1. The lowest BCUT2D eigenvalue weighted by Crippen LogP contribution is -2.31. The van der Waals surface area contributed by atoms with E-state index in [2.05, 4.69) is 47.5 Å². The summed E-state index contributed by atoms with van der Waals surface area (Å²) in [7, 11) is 0. The van der Waals surface area contributed by atoms with E-state index in [-0.39, 0.29) is 12.4 Å². The Morgan fingerprint density at radius 2 is 1.91 bits per heavy atom. The van der Waals surface area contributed by atoms with Crippen LogP contribution in [0, 0.1) is 0 Å². The third-order valence-electron chi connectivity index (χ3n) is 3.47. The fourth-order valence-electron chi connectivity index (χ4n) is 2.37. The molecule has 0 bridgehead atoms. The molecular formula is C17H26ClN3S. The number of nitrogens with zero attached hydrogens (tertiary/aromatic N) is 2. The van der Waals surface area contributed by atoms with Crippen LogP contribution in [-0.4, -0.2) is 29.5 Å². The minimum Gasteiger partial charge on any atom is -0.329 e. The maximum atomic E-state index is 5.75. The van der Waals surface area contributed by atoms with Crippen LogP contribution in [0.4, 0.5) is 0 Å². The molecule has 0 saturated carbocycles. The van der Waals surface area contributed by atoms with Crippen molar-refractivity contribution in [3.8, 4) is 0 Å². The van der Waals surface area contributed by atoms with E-state index in [0.717, 1.165) is 38.9 Å². The SMILES string of the molecule is CCCc1csc(CN(CCN)CCc2ccccc2)n1.Cl. The smallest absolute Gasteiger partial charge is 0.107 e. The summed E-state index contributed by atoms with van der Waals surface area (Å²) in [6, 6.07) is 10.6. The monoisotopic (exact) mass is 339 g/mol. The number of hydrogen-bond acceptors (Lipinski definition) is 4. The molecule has 0 unspecified atom stereocenters. The van der Waals surface area contributed by atoms with E-state index in [9.17, 15) is 0 Å². The lowest BCUT2D eigenvalue weighted by atomic mass is 10.1. The molecule has 3 nitrogen and oxygen atoms in total. The van der Waals surface area contributed by atoms with Gasteiger partial charge in [-0.2, -0.15) is 0 Å². The first-order chi connectivity index (χ1) is 10.3. The molecule has 2 rings (SSSR count). The van der Waals surface area contributed by atoms with Gasteiger partial charge < -0.3 is 5.73 Å². The molecule has 1 aromatic heterocycles. The molecule has 0 radical (unpaired) electrons. The number of nitrogens with two attached hydrogens (primary N) is 1. The molecule has 0 aliphatic rings. The van der Waals surface area contributed by atoms with Crippen molar-refractivity contribution in [2.45, 2.75) is 32.7 Å². The summed E-state index contributed by atoms with van der Waals surface area (Å²) in [4.78, 5) is 7.12. The van der Waals surface area contributed by atoms with Crippen LogP contribution in [0.1, 0.15) is 29.6 Å². The quantitative estimate of drug-likeness (QED) is 0.760. The first-order valence-electron chi connectivity index (χ1n) is 7.71. The summed E-state index contributed by atoms with van der Waals surface area (Å²) in [5, 5.41) is 3.40. The van der Waals surface area contributed by atoms with Crippen molar-refractivity contribution in [1.29, 1.82) is 0 Å². The van der Waals surface area contributed by atoms with Crippen molar-refractivity contribution in [3.05, 3.63) is 52.0 Å². The highest BCUT2D eigenvalue weighted by Gasteiger charge is 2.09. The molecule has 2 N–H and O–H groups in total. The lowest BCUT2D eigenvalue weighted by molar-refractivity contribution is 0.276. The Balaban J connectivity index is 0.00000242. The predicted molar refractivity (Wildman–Crippen MR) is 97.8 cm³/mol. The van der Waals surface area contributed by atoms with Crippen LogP contribution in [0.15, 0.2) is 35.7 Å². The molecule has 0 saturated heterocycles. The molecule has 122 valence electrons. The Labute approximate surface area is 144 Å². The second-order valence-corrected chi connectivity index (χ2v) is 6.23. The van der Waals surface area contributed by atoms with E-state index >= 15 is 0 Å². The Kier molecular flexibility index (Phi) is 9.32. The molecule has 22 heavy (non-hydrogen) atoms. The predicted octanol–water partition coefficient (Wildman–Crippen LogP) is 3.52. The largest absolute Gasteiger partial charge is 0.329 e. The van der Waals surface area contributed by atoms with Crippen molar-refractivity contribution >= 4 is 23.7 Å². The summed E-state index contributed by atoms with van der Waals surface area (Å²) < 4.78 is 0. The van der Waals surface area contributed by atoms with E-state index < -0.39 is 0 Å². The first-order valence-corrected chi connectivity index (χ1v) is 8.59. The highest BCUT2D eigenvalue weighted by molar-refractivity contribution is 7.09. The fourth-order valence-corrected chi connectivity index (χ4v) is 3.24. The normalized spacial score (nSPS) is 10.7. The van der Waals surface area contributed by atoms with Gasteiger partial charge in [-0.25, -0.2) is 4.98 Å². The van der Waals surface area contributed by atoms with Gasteiger partial charge in [-0.15, -0.1) is 23.7 Å². The zero-order chi connectivity index (χ0) is 14.9. The Morgan fingerprint density at radius 3 is 2.59 bits per heavy atom. The Bertz CT molecular complexity index is 516. The number of benzene rings is 1. The van der Waals surface area contributed by atoms with Crippen molar-refractivity contribution in [3.63, 3.8) is 0 Å². The summed E-state index contributed by atoms with van der Waals surface area (Å²) in [6.45, 7) is 5.76. The van der Waals surface area contributed by atoms with Crippen LogP contribution in [0.2, 0.25) is 0 Å². The van der Waals surface area contributed by atoms with Gasteiger partial charge in [-0.1, -0.05) is 43.7 Å². The maximum Gasteiger partial charge on any atom is 0.107 e. The molecular weight excluding hydrogens is 314 g/mol. The molecule has 0 aliphatic heterocycles. The van der Waals surface area contributed by atoms with Crippen molar-refractivity contribution in [2.24, 2.45) is 5.73 Å². The van der Waals surface area contributed by atoms with Gasteiger partial charge in [0, 0.05) is 25.0 Å². The summed E-state index contributed by atoms with van der Waals surface area (Å²) in [6.07, 6.45) is 3.30. The van der Waals surface area contributed by atoms with E-state index in [4.69, 9.17) is 10.7 Å². The minimum atomic E-state index is 0. The van der Waals surface area contributed by atoms with E-state index in [0.29, 0.717) is 6.54 Å².